The summed E-state index contributed by atoms with van der Waals surface area (Å²) in [5.74, 6) is 1.26. The van der Waals surface area contributed by atoms with Crippen molar-refractivity contribution in [1.82, 2.24) is 14.3 Å². The summed E-state index contributed by atoms with van der Waals surface area (Å²) in [5.41, 5.74) is 0.883. The van der Waals surface area contributed by atoms with E-state index < -0.39 is 10.0 Å². The monoisotopic (exact) mass is 416 g/mol. The normalized spacial score (nSPS) is 15.5. The SMILES string of the molecule is COc1ccc(S(=O)(=O)N2CCN(c3nccc(-c4cccs4)n3)CC2)cc1. The summed E-state index contributed by atoms with van der Waals surface area (Å²) >= 11 is 1.63. The van der Waals surface area contributed by atoms with Crippen LogP contribution >= 0.6 is 11.3 Å². The van der Waals surface area contributed by atoms with Crippen LogP contribution < -0.4 is 9.64 Å². The summed E-state index contributed by atoms with van der Waals surface area (Å²) < 4.78 is 32.4. The predicted molar refractivity (Wildman–Crippen MR) is 109 cm³/mol. The molecule has 4 rings (SSSR count). The van der Waals surface area contributed by atoms with Crippen LogP contribution in [0.4, 0.5) is 5.95 Å². The molecule has 0 radical (unpaired) electrons. The van der Waals surface area contributed by atoms with Crippen molar-refractivity contribution in [1.29, 1.82) is 0 Å². The van der Waals surface area contributed by atoms with Crippen LogP contribution in [0, 0.1) is 0 Å². The number of benzene rings is 1. The Morgan fingerprint density at radius 3 is 2.43 bits per heavy atom. The summed E-state index contributed by atoms with van der Waals surface area (Å²) in [4.78, 5) is 12.4. The van der Waals surface area contributed by atoms with Crippen molar-refractivity contribution in [2.24, 2.45) is 0 Å². The summed E-state index contributed by atoms with van der Waals surface area (Å²) in [6, 6.07) is 12.4. The highest BCUT2D eigenvalue weighted by atomic mass is 32.2. The van der Waals surface area contributed by atoms with E-state index in [0.717, 1.165) is 10.6 Å². The number of methoxy groups -OCH3 is 1. The summed E-state index contributed by atoms with van der Waals surface area (Å²) in [6.45, 7) is 1.87. The van der Waals surface area contributed by atoms with Crippen molar-refractivity contribution in [3.05, 3.63) is 54.0 Å². The number of hydrogen-bond acceptors (Lipinski definition) is 7. The van der Waals surface area contributed by atoms with Gasteiger partial charge >= 0.3 is 0 Å². The molecule has 1 aromatic carbocycles. The van der Waals surface area contributed by atoms with Crippen LogP contribution in [0.5, 0.6) is 5.75 Å². The molecule has 0 unspecified atom stereocenters. The second kappa shape index (κ2) is 7.86. The maximum absolute atomic E-state index is 12.9. The van der Waals surface area contributed by atoms with E-state index in [-0.39, 0.29) is 4.90 Å². The van der Waals surface area contributed by atoms with Crippen LogP contribution in [-0.4, -0.2) is 56.0 Å². The first-order valence-electron chi connectivity index (χ1n) is 8.84. The summed E-state index contributed by atoms with van der Waals surface area (Å²) in [6.07, 6.45) is 1.75. The van der Waals surface area contributed by atoms with Gasteiger partial charge in [0.2, 0.25) is 16.0 Å². The Kier molecular flexibility index (Phi) is 5.29. The van der Waals surface area contributed by atoms with Gasteiger partial charge in [0, 0.05) is 32.4 Å². The largest absolute Gasteiger partial charge is 0.497 e. The Hall–Kier alpha value is -2.49. The Morgan fingerprint density at radius 2 is 1.79 bits per heavy atom. The molecule has 3 heterocycles. The minimum Gasteiger partial charge on any atom is -0.497 e. The Balaban J connectivity index is 1.46. The lowest BCUT2D eigenvalue weighted by Crippen LogP contribution is -2.49. The average molecular weight is 417 g/mol. The molecule has 0 bridgehead atoms. The van der Waals surface area contributed by atoms with E-state index in [1.807, 2.05) is 28.5 Å². The maximum atomic E-state index is 12.9. The molecule has 0 saturated carbocycles. The van der Waals surface area contributed by atoms with Gasteiger partial charge in [-0.1, -0.05) is 6.07 Å². The van der Waals surface area contributed by atoms with Gasteiger partial charge in [-0.25, -0.2) is 18.4 Å². The minimum atomic E-state index is -3.52. The van der Waals surface area contributed by atoms with Crippen molar-refractivity contribution in [2.75, 3.05) is 38.2 Å². The van der Waals surface area contributed by atoms with Gasteiger partial charge in [0.1, 0.15) is 5.75 Å². The number of aromatic nitrogens is 2. The van der Waals surface area contributed by atoms with E-state index >= 15 is 0 Å². The molecule has 3 aromatic rings. The second-order valence-electron chi connectivity index (χ2n) is 6.29. The van der Waals surface area contributed by atoms with Crippen LogP contribution in [0.25, 0.3) is 10.6 Å². The van der Waals surface area contributed by atoms with Gasteiger partial charge in [-0.2, -0.15) is 4.31 Å². The third-order valence-corrected chi connectivity index (χ3v) is 7.44. The highest BCUT2D eigenvalue weighted by molar-refractivity contribution is 7.89. The molecule has 2 aromatic heterocycles. The number of rotatable bonds is 5. The Labute approximate surface area is 168 Å². The van der Waals surface area contributed by atoms with Crippen LogP contribution in [0.15, 0.2) is 58.9 Å². The maximum Gasteiger partial charge on any atom is 0.243 e. The van der Waals surface area contributed by atoms with Gasteiger partial charge in [-0.3, -0.25) is 0 Å². The molecule has 1 aliphatic heterocycles. The van der Waals surface area contributed by atoms with Crippen LogP contribution in [0.2, 0.25) is 0 Å². The second-order valence-corrected chi connectivity index (χ2v) is 9.17. The highest BCUT2D eigenvalue weighted by Crippen LogP contribution is 2.25. The number of piperazine rings is 1. The fourth-order valence-electron chi connectivity index (χ4n) is 3.09. The van der Waals surface area contributed by atoms with Crippen molar-refractivity contribution in [3.63, 3.8) is 0 Å². The standard InChI is InChI=1S/C19H20N4O3S2/c1-26-15-4-6-16(7-5-15)28(24,25)23-12-10-22(11-13-23)19-20-9-8-17(21-19)18-3-2-14-27-18/h2-9,14H,10-13H2,1H3. The predicted octanol–water partition coefficient (Wildman–Crippen LogP) is 2.72. The van der Waals surface area contributed by atoms with E-state index in [1.54, 1.807) is 48.9 Å². The smallest absolute Gasteiger partial charge is 0.243 e. The quantitative estimate of drug-likeness (QED) is 0.637. The summed E-state index contributed by atoms with van der Waals surface area (Å²) in [5, 5.41) is 2.01. The third kappa shape index (κ3) is 3.73. The van der Waals surface area contributed by atoms with Gasteiger partial charge in [0.05, 0.1) is 22.6 Å². The number of sulfonamides is 1. The van der Waals surface area contributed by atoms with Crippen molar-refractivity contribution in [3.8, 4) is 16.3 Å². The first kappa shape index (κ1) is 18.9. The Bertz CT molecular complexity index is 1030. The number of thiophene rings is 1. The zero-order valence-corrected chi connectivity index (χ0v) is 17.0. The molecule has 28 heavy (non-hydrogen) atoms. The third-order valence-electron chi connectivity index (χ3n) is 4.64. The fraction of sp³-hybridized carbons (Fsp3) is 0.263. The topological polar surface area (TPSA) is 75.6 Å². The molecule has 0 atom stereocenters. The van der Waals surface area contributed by atoms with Crippen molar-refractivity contribution >= 4 is 27.3 Å². The molecule has 1 fully saturated rings. The van der Waals surface area contributed by atoms with Gasteiger partial charge < -0.3 is 9.64 Å². The molecule has 1 aliphatic rings. The van der Waals surface area contributed by atoms with Crippen molar-refractivity contribution in [2.45, 2.75) is 4.90 Å². The van der Waals surface area contributed by atoms with E-state index in [9.17, 15) is 8.42 Å². The van der Waals surface area contributed by atoms with E-state index in [2.05, 4.69) is 9.97 Å². The van der Waals surface area contributed by atoms with Crippen LogP contribution in [0.1, 0.15) is 0 Å². The molecule has 0 amide bonds. The molecule has 1 saturated heterocycles. The highest BCUT2D eigenvalue weighted by Gasteiger charge is 2.29. The molecular formula is C19H20N4O3S2. The molecular weight excluding hydrogens is 396 g/mol. The molecule has 7 nitrogen and oxygen atoms in total. The average Bonchev–Trinajstić information content (AvgIpc) is 3.29. The Morgan fingerprint density at radius 1 is 1.04 bits per heavy atom. The number of ether oxygens (including phenoxy) is 1. The zero-order valence-electron chi connectivity index (χ0n) is 15.4. The van der Waals surface area contributed by atoms with E-state index in [1.165, 1.54) is 4.31 Å². The van der Waals surface area contributed by atoms with Crippen LogP contribution in [0.3, 0.4) is 0 Å². The van der Waals surface area contributed by atoms with Gasteiger partial charge in [-0.05, 0) is 41.8 Å². The summed E-state index contributed by atoms with van der Waals surface area (Å²) in [7, 11) is -1.97. The van der Waals surface area contributed by atoms with Gasteiger partial charge in [0.25, 0.3) is 0 Å². The molecule has 0 N–H and O–H groups in total. The molecule has 146 valence electrons. The van der Waals surface area contributed by atoms with Gasteiger partial charge in [0.15, 0.2) is 0 Å². The molecule has 0 aliphatic carbocycles. The first-order valence-corrected chi connectivity index (χ1v) is 11.2. The van der Waals surface area contributed by atoms with Crippen molar-refractivity contribution < 1.29 is 13.2 Å². The van der Waals surface area contributed by atoms with Gasteiger partial charge in [-0.15, -0.1) is 11.3 Å². The first-order chi connectivity index (χ1) is 13.6. The lowest BCUT2D eigenvalue weighted by atomic mass is 10.3. The van der Waals surface area contributed by atoms with E-state index in [0.29, 0.717) is 37.9 Å². The number of hydrogen-bond donors (Lipinski definition) is 0. The zero-order chi connectivity index (χ0) is 19.6. The van der Waals surface area contributed by atoms with Crippen LogP contribution in [-0.2, 0) is 10.0 Å². The number of anilines is 1. The molecule has 0 spiro atoms. The fourth-order valence-corrected chi connectivity index (χ4v) is 5.21. The minimum absolute atomic E-state index is 0.276. The molecule has 9 heteroatoms. The van der Waals surface area contributed by atoms with E-state index in [4.69, 9.17) is 4.74 Å². The lowest BCUT2D eigenvalue weighted by Gasteiger charge is -2.34. The lowest BCUT2D eigenvalue weighted by molar-refractivity contribution is 0.382. The number of nitrogens with zero attached hydrogens (tertiary/aromatic N) is 4.